The minimum Gasteiger partial charge on any atom is -0.426 e. The smallest absolute Gasteiger partial charge is 0.397 e. The molecular formula is C17H20ClN2O6P. The third kappa shape index (κ3) is 5.18. The molecule has 2 unspecified atom stereocenters. The molecule has 1 aliphatic rings. The van der Waals surface area contributed by atoms with Crippen molar-refractivity contribution in [1.29, 1.82) is 0 Å². The third-order valence-electron chi connectivity index (χ3n) is 4.10. The summed E-state index contributed by atoms with van der Waals surface area (Å²) in [6, 6.07) is 5.34. The maximum absolute atomic E-state index is 11.8. The van der Waals surface area contributed by atoms with Crippen LogP contribution >= 0.6 is 20.2 Å². The van der Waals surface area contributed by atoms with Crippen molar-refractivity contribution in [2.45, 2.75) is 32.6 Å². The Morgan fingerprint density at radius 2 is 2.22 bits per heavy atom. The lowest BCUT2D eigenvalue weighted by Crippen LogP contribution is -2.32. The summed E-state index contributed by atoms with van der Waals surface area (Å²) in [6.07, 6.45) is 1.80. The number of benzene rings is 1. The summed E-state index contributed by atoms with van der Waals surface area (Å²) in [6.45, 7) is 2.66. The molecule has 0 fully saturated rings. The quantitative estimate of drug-likeness (QED) is 0.700. The summed E-state index contributed by atoms with van der Waals surface area (Å²) in [5, 5.41) is 0.625. The van der Waals surface area contributed by atoms with Crippen LogP contribution in [-0.4, -0.2) is 29.4 Å². The van der Waals surface area contributed by atoms with Gasteiger partial charge in [0.25, 0.3) is 5.56 Å². The van der Waals surface area contributed by atoms with Crippen LogP contribution in [0.25, 0.3) is 0 Å². The largest absolute Gasteiger partial charge is 0.426 e. The first kappa shape index (κ1) is 20.0. The highest BCUT2D eigenvalue weighted by atomic mass is 35.5. The van der Waals surface area contributed by atoms with Crippen molar-refractivity contribution in [2.75, 3.05) is 13.7 Å². The number of aryl methyl sites for hydroxylation is 2. The van der Waals surface area contributed by atoms with E-state index in [0.29, 0.717) is 35.9 Å². The number of fused-ring (bicyclic) bond motifs is 1. The molecule has 27 heavy (non-hydrogen) atoms. The Bertz CT molecular complexity index is 915. The van der Waals surface area contributed by atoms with Gasteiger partial charge in [0.15, 0.2) is 0 Å². The van der Waals surface area contributed by atoms with E-state index in [4.69, 9.17) is 29.9 Å². The van der Waals surface area contributed by atoms with Gasteiger partial charge in [0, 0.05) is 36.0 Å². The van der Waals surface area contributed by atoms with Crippen molar-refractivity contribution in [2.24, 2.45) is 0 Å². The van der Waals surface area contributed by atoms with Gasteiger partial charge in [-0.2, -0.15) is 0 Å². The Kier molecular flexibility index (Phi) is 6.68. The topological polar surface area (TPSA) is 91.8 Å². The second-order valence-corrected chi connectivity index (χ2v) is 7.63. The molecule has 0 saturated carbocycles. The Hall–Kier alpha value is -1.70. The van der Waals surface area contributed by atoms with E-state index in [-0.39, 0.29) is 18.3 Å². The van der Waals surface area contributed by atoms with E-state index in [1.54, 1.807) is 32.2 Å². The number of aromatic nitrogens is 2. The molecule has 1 aromatic carbocycles. The first-order valence-corrected chi connectivity index (χ1v) is 9.79. The summed E-state index contributed by atoms with van der Waals surface area (Å²) in [7, 11) is 0.0455. The highest BCUT2D eigenvalue weighted by molar-refractivity contribution is 7.42. The second kappa shape index (κ2) is 8.99. The first-order chi connectivity index (χ1) is 13.0. The fourth-order valence-electron chi connectivity index (χ4n) is 2.52. The maximum Gasteiger partial charge on any atom is 0.397 e. The van der Waals surface area contributed by atoms with Crippen molar-refractivity contribution in [3.05, 3.63) is 61.4 Å². The predicted octanol–water partition coefficient (Wildman–Crippen LogP) is 2.76. The molecule has 146 valence electrons. The average molecular weight is 415 g/mol. The van der Waals surface area contributed by atoms with E-state index >= 15 is 0 Å². The van der Waals surface area contributed by atoms with Crippen molar-refractivity contribution >= 4 is 20.2 Å². The number of aromatic amines is 1. The van der Waals surface area contributed by atoms with Crippen molar-refractivity contribution in [3.63, 3.8) is 0 Å². The average Bonchev–Trinajstić information content (AvgIpc) is 2.65. The summed E-state index contributed by atoms with van der Waals surface area (Å²) < 4.78 is 23.8. The molecule has 1 aliphatic heterocycles. The molecule has 0 aliphatic carbocycles. The van der Waals surface area contributed by atoms with Crippen LogP contribution < -0.4 is 15.8 Å². The van der Waals surface area contributed by atoms with Crippen LogP contribution in [0.15, 0.2) is 34.0 Å². The summed E-state index contributed by atoms with van der Waals surface area (Å²) in [5.74, 6) is 0.695. The predicted molar refractivity (Wildman–Crippen MR) is 101 cm³/mol. The lowest BCUT2D eigenvalue weighted by Gasteiger charge is -2.25. The van der Waals surface area contributed by atoms with Crippen LogP contribution in [0.5, 0.6) is 5.75 Å². The monoisotopic (exact) mass is 414 g/mol. The zero-order chi connectivity index (χ0) is 19.4. The third-order valence-corrected chi connectivity index (χ3v) is 5.38. The summed E-state index contributed by atoms with van der Waals surface area (Å²) >= 11 is 5.95. The van der Waals surface area contributed by atoms with E-state index in [1.807, 2.05) is 0 Å². The number of methoxy groups -OCH3 is 1. The molecule has 3 rings (SSSR count). The lowest BCUT2D eigenvalue weighted by atomic mass is 10.2. The molecule has 8 nitrogen and oxygen atoms in total. The fraction of sp³-hybridized carbons (Fsp3) is 0.412. The van der Waals surface area contributed by atoms with E-state index in [9.17, 15) is 9.59 Å². The number of H-pyrrole nitrogens is 1. The number of hydrogen-bond acceptors (Lipinski definition) is 6. The molecule has 2 heterocycles. The SMILES string of the molecule is COC(CCn1cc(C)c(=O)[nH]c1=O)COP1OCc2cc(Cl)ccc2O1. The number of halogens is 1. The van der Waals surface area contributed by atoms with Crippen LogP contribution in [0, 0.1) is 6.92 Å². The standard InChI is InChI=1S/C17H20ClN2O6P/c1-11-8-20(17(22)19-16(11)21)6-5-14(23-2)10-25-27-24-9-12-7-13(18)3-4-15(12)26-27/h3-4,7-8,14H,5-6,9-10H2,1-2H3,(H,19,21,22). The van der Waals surface area contributed by atoms with Crippen molar-refractivity contribution in [3.8, 4) is 5.75 Å². The number of nitrogens with zero attached hydrogens (tertiary/aromatic N) is 1. The Labute approximate surface area is 162 Å². The lowest BCUT2D eigenvalue weighted by molar-refractivity contribution is 0.0399. The minimum atomic E-state index is -1.53. The molecule has 0 bridgehead atoms. The zero-order valence-electron chi connectivity index (χ0n) is 14.9. The van der Waals surface area contributed by atoms with E-state index in [1.165, 1.54) is 10.8 Å². The van der Waals surface area contributed by atoms with Gasteiger partial charge in [0.05, 0.1) is 19.3 Å². The highest BCUT2D eigenvalue weighted by Crippen LogP contribution is 2.47. The molecular weight excluding hydrogens is 395 g/mol. The summed E-state index contributed by atoms with van der Waals surface area (Å²) in [5.41, 5.74) is 0.533. The first-order valence-electron chi connectivity index (χ1n) is 8.32. The normalized spacial score (nSPS) is 17.2. The van der Waals surface area contributed by atoms with Crippen LogP contribution in [0.1, 0.15) is 17.5 Å². The minimum absolute atomic E-state index is 0.252. The molecule has 0 spiro atoms. The van der Waals surface area contributed by atoms with Crippen LogP contribution in [0.4, 0.5) is 0 Å². The fourth-order valence-corrected chi connectivity index (χ4v) is 3.77. The van der Waals surface area contributed by atoms with Gasteiger partial charge in [-0.15, -0.1) is 0 Å². The highest BCUT2D eigenvalue weighted by Gasteiger charge is 2.24. The van der Waals surface area contributed by atoms with Gasteiger partial charge in [-0.05, 0) is 31.5 Å². The van der Waals surface area contributed by atoms with Crippen LogP contribution in [0.3, 0.4) is 0 Å². The Morgan fingerprint density at radius 1 is 1.41 bits per heavy atom. The molecule has 1 aromatic heterocycles. The summed E-state index contributed by atoms with van der Waals surface area (Å²) in [4.78, 5) is 25.5. The number of nitrogens with one attached hydrogen (secondary N) is 1. The van der Waals surface area contributed by atoms with Crippen LogP contribution in [-0.2, 0) is 26.9 Å². The number of hydrogen-bond donors (Lipinski definition) is 1. The number of ether oxygens (including phenoxy) is 1. The van der Waals surface area contributed by atoms with Gasteiger partial charge < -0.3 is 13.8 Å². The molecule has 2 atom stereocenters. The molecule has 10 heteroatoms. The van der Waals surface area contributed by atoms with E-state index in [2.05, 4.69) is 4.98 Å². The molecule has 0 radical (unpaired) electrons. The second-order valence-electron chi connectivity index (χ2n) is 6.05. The van der Waals surface area contributed by atoms with Gasteiger partial charge in [-0.1, -0.05) is 11.6 Å². The zero-order valence-corrected chi connectivity index (χ0v) is 16.6. The van der Waals surface area contributed by atoms with Gasteiger partial charge >= 0.3 is 14.3 Å². The van der Waals surface area contributed by atoms with Crippen molar-refractivity contribution in [1.82, 2.24) is 9.55 Å². The van der Waals surface area contributed by atoms with E-state index in [0.717, 1.165) is 5.56 Å². The number of rotatable bonds is 7. The maximum atomic E-state index is 11.8. The van der Waals surface area contributed by atoms with Gasteiger partial charge in [0.2, 0.25) is 0 Å². The van der Waals surface area contributed by atoms with E-state index < -0.39 is 14.3 Å². The molecule has 1 N–H and O–H groups in total. The van der Waals surface area contributed by atoms with Gasteiger partial charge in [-0.3, -0.25) is 18.8 Å². The molecule has 0 amide bonds. The van der Waals surface area contributed by atoms with Gasteiger partial charge in [-0.25, -0.2) is 4.79 Å². The molecule has 0 saturated heterocycles. The van der Waals surface area contributed by atoms with Gasteiger partial charge in [0.1, 0.15) is 5.75 Å². The Balaban J connectivity index is 1.52. The Morgan fingerprint density at radius 3 is 3.00 bits per heavy atom. The van der Waals surface area contributed by atoms with Crippen molar-refractivity contribution < 1.29 is 18.3 Å². The van der Waals surface area contributed by atoms with Crippen LogP contribution in [0.2, 0.25) is 5.02 Å². The molecule has 2 aromatic rings.